The van der Waals surface area contributed by atoms with Crippen LogP contribution >= 0.6 is 0 Å². The molecule has 1 atom stereocenters. The lowest BCUT2D eigenvalue weighted by atomic mass is 9.96. The van der Waals surface area contributed by atoms with E-state index in [9.17, 15) is 0 Å². The van der Waals surface area contributed by atoms with E-state index in [2.05, 4.69) is 42.7 Å². The lowest BCUT2D eigenvalue weighted by Crippen LogP contribution is -2.30. The third-order valence-corrected chi connectivity index (χ3v) is 3.65. The quantitative estimate of drug-likeness (QED) is 0.833. The number of aryl methyl sites for hydroxylation is 2. The van der Waals surface area contributed by atoms with Crippen LogP contribution in [0.5, 0.6) is 0 Å². The summed E-state index contributed by atoms with van der Waals surface area (Å²) in [4.78, 5) is 0. The molecule has 0 amide bonds. The van der Waals surface area contributed by atoms with Crippen molar-refractivity contribution >= 4 is 5.69 Å². The van der Waals surface area contributed by atoms with Gasteiger partial charge in [-0.2, -0.15) is 0 Å². The standard InChI is InChI=1S/C15H24N2/c1-12-5-6-15(13(2)10-12)17-9-7-14-4-3-8-16-11-14/h5-6,10,14,16-17H,3-4,7-9,11H2,1-2H3. The monoisotopic (exact) mass is 232 g/mol. The van der Waals surface area contributed by atoms with Crippen molar-refractivity contribution in [2.24, 2.45) is 5.92 Å². The average molecular weight is 232 g/mol. The van der Waals surface area contributed by atoms with E-state index in [1.165, 1.54) is 49.2 Å². The van der Waals surface area contributed by atoms with Crippen LogP contribution in [0.2, 0.25) is 0 Å². The molecule has 1 unspecified atom stereocenters. The van der Waals surface area contributed by atoms with E-state index in [0.717, 1.165) is 12.5 Å². The Kier molecular flexibility index (Phi) is 4.43. The summed E-state index contributed by atoms with van der Waals surface area (Å²) in [5.74, 6) is 0.863. The highest BCUT2D eigenvalue weighted by Crippen LogP contribution is 2.18. The normalized spacial score (nSPS) is 20.2. The second-order valence-corrected chi connectivity index (χ2v) is 5.25. The van der Waals surface area contributed by atoms with Gasteiger partial charge in [-0.3, -0.25) is 0 Å². The van der Waals surface area contributed by atoms with Gasteiger partial charge < -0.3 is 10.6 Å². The maximum Gasteiger partial charge on any atom is 0.0370 e. The van der Waals surface area contributed by atoms with Gasteiger partial charge in [0.25, 0.3) is 0 Å². The number of anilines is 1. The molecule has 94 valence electrons. The Hall–Kier alpha value is -1.02. The van der Waals surface area contributed by atoms with Crippen LogP contribution in [-0.2, 0) is 0 Å². The van der Waals surface area contributed by atoms with E-state index in [1.807, 2.05) is 0 Å². The molecule has 0 bridgehead atoms. The van der Waals surface area contributed by atoms with Crippen LogP contribution < -0.4 is 10.6 Å². The van der Waals surface area contributed by atoms with E-state index in [0.29, 0.717) is 0 Å². The van der Waals surface area contributed by atoms with Crippen LogP contribution in [0.1, 0.15) is 30.4 Å². The molecule has 1 aromatic rings. The summed E-state index contributed by atoms with van der Waals surface area (Å²) in [6.07, 6.45) is 4.01. The van der Waals surface area contributed by atoms with Crippen LogP contribution in [0.3, 0.4) is 0 Å². The minimum atomic E-state index is 0.863. The van der Waals surface area contributed by atoms with Crippen molar-refractivity contribution < 1.29 is 0 Å². The number of nitrogens with one attached hydrogen (secondary N) is 2. The summed E-state index contributed by atoms with van der Waals surface area (Å²) < 4.78 is 0. The average Bonchev–Trinajstić information content (AvgIpc) is 2.33. The first-order valence-corrected chi connectivity index (χ1v) is 6.77. The summed E-state index contributed by atoms with van der Waals surface area (Å²) in [7, 11) is 0. The van der Waals surface area contributed by atoms with Gasteiger partial charge in [-0.25, -0.2) is 0 Å². The molecule has 1 aliphatic rings. The molecule has 1 saturated heterocycles. The topological polar surface area (TPSA) is 24.1 Å². The van der Waals surface area contributed by atoms with Gasteiger partial charge in [0.2, 0.25) is 0 Å². The van der Waals surface area contributed by atoms with Gasteiger partial charge in [0.05, 0.1) is 0 Å². The summed E-state index contributed by atoms with van der Waals surface area (Å²) in [5, 5.41) is 7.03. The van der Waals surface area contributed by atoms with Crippen molar-refractivity contribution in [1.29, 1.82) is 0 Å². The third-order valence-electron chi connectivity index (χ3n) is 3.65. The molecule has 2 rings (SSSR count). The molecular weight excluding hydrogens is 208 g/mol. The van der Waals surface area contributed by atoms with Crippen LogP contribution in [0, 0.1) is 19.8 Å². The SMILES string of the molecule is Cc1ccc(NCCC2CCCNC2)c(C)c1. The van der Waals surface area contributed by atoms with E-state index in [4.69, 9.17) is 0 Å². The Balaban J connectivity index is 1.77. The van der Waals surface area contributed by atoms with Gasteiger partial charge in [-0.05, 0) is 63.7 Å². The molecule has 2 heteroatoms. The first-order chi connectivity index (χ1) is 8.25. The van der Waals surface area contributed by atoms with Crippen molar-refractivity contribution in [3.8, 4) is 0 Å². The lowest BCUT2D eigenvalue weighted by Gasteiger charge is -2.23. The van der Waals surface area contributed by atoms with Crippen molar-refractivity contribution in [2.45, 2.75) is 33.1 Å². The molecule has 1 aliphatic heterocycles. The number of hydrogen-bond acceptors (Lipinski definition) is 2. The van der Waals surface area contributed by atoms with Crippen LogP contribution in [0.4, 0.5) is 5.69 Å². The zero-order valence-electron chi connectivity index (χ0n) is 11.1. The maximum atomic E-state index is 3.56. The highest BCUT2D eigenvalue weighted by molar-refractivity contribution is 5.51. The predicted molar refractivity (Wildman–Crippen MR) is 74.6 cm³/mol. The number of hydrogen-bond donors (Lipinski definition) is 2. The van der Waals surface area contributed by atoms with Crippen molar-refractivity contribution in [3.63, 3.8) is 0 Å². The van der Waals surface area contributed by atoms with Gasteiger partial charge in [0.1, 0.15) is 0 Å². The fourth-order valence-corrected chi connectivity index (χ4v) is 2.59. The summed E-state index contributed by atoms with van der Waals surface area (Å²) in [6, 6.07) is 6.62. The molecule has 0 spiro atoms. The minimum absolute atomic E-state index is 0.863. The fraction of sp³-hybridized carbons (Fsp3) is 0.600. The molecule has 0 saturated carbocycles. The number of rotatable bonds is 4. The second kappa shape index (κ2) is 6.06. The molecular formula is C15H24N2. The Morgan fingerprint density at radius 3 is 2.94 bits per heavy atom. The molecule has 0 aromatic heterocycles. The highest BCUT2D eigenvalue weighted by atomic mass is 14.9. The second-order valence-electron chi connectivity index (χ2n) is 5.25. The Bertz CT molecular complexity index is 354. The molecule has 0 aliphatic carbocycles. The summed E-state index contributed by atoms with van der Waals surface area (Å²) in [6.45, 7) is 7.83. The van der Waals surface area contributed by atoms with Crippen molar-refractivity contribution in [2.75, 3.05) is 25.0 Å². The first-order valence-electron chi connectivity index (χ1n) is 6.77. The van der Waals surface area contributed by atoms with Crippen molar-refractivity contribution in [1.82, 2.24) is 5.32 Å². The Morgan fingerprint density at radius 1 is 1.35 bits per heavy atom. The number of benzene rings is 1. The zero-order valence-corrected chi connectivity index (χ0v) is 11.1. The summed E-state index contributed by atoms with van der Waals surface area (Å²) >= 11 is 0. The molecule has 1 heterocycles. The smallest absolute Gasteiger partial charge is 0.0370 e. The Morgan fingerprint density at radius 2 is 2.24 bits per heavy atom. The molecule has 17 heavy (non-hydrogen) atoms. The Labute approximate surface area is 105 Å². The lowest BCUT2D eigenvalue weighted by molar-refractivity contribution is 0.364. The van der Waals surface area contributed by atoms with E-state index in [1.54, 1.807) is 0 Å². The van der Waals surface area contributed by atoms with Crippen LogP contribution in [0.25, 0.3) is 0 Å². The third kappa shape index (κ3) is 3.74. The van der Waals surface area contributed by atoms with Gasteiger partial charge in [-0.1, -0.05) is 17.7 Å². The van der Waals surface area contributed by atoms with Crippen LogP contribution in [0.15, 0.2) is 18.2 Å². The fourth-order valence-electron chi connectivity index (χ4n) is 2.59. The van der Waals surface area contributed by atoms with Gasteiger partial charge in [0.15, 0.2) is 0 Å². The zero-order chi connectivity index (χ0) is 12.1. The molecule has 2 N–H and O–H groups in total. The predicted octanol–water partition coefficient (Wildman–Crippen LogP) is 3.11. The van der Waals surface area contributed by atoms with Crippen LogP contribution in [-0.4, -0.2) is 19.6 Å². The van der Waals surface area contributed by atoms with E-state index in [-0.39, 0.29) is 0 Å². The first kappa shape index (κ1) is 12.4. The van der Waals surface area contributed by atoms with Gasteiger partial charge in [-0.15, -0.1) is 0 Å². The maximum absolute atomic E-state index is 3.56. The van der Waals surface area contributed by atoms with Gasteiger partial charge >= 0.3 is 0 Å². The highest BCUT2D eigenvalue weighted by Gasteiger charge is 2.12. The molecule has 1 fully saturated rings. The van der Waals surface area contributed by atoms with E-state index < -0.39 is 0 Å². The van der Waals surface area contributed by atoms with Gasteiger partial charge in [0, 0.05) is 12.2 Å². The van der Waals surface area contributed by atoms with E-state index >= 15 is 0 Å². The minimum Gasteiger partial charge on any atom is -0.385 e. The molecule has 2 nitrogen and oxygen atoms in total. The largest absolute Gasteiger partial charge is 0.385 e. The molecule has 1 aromatic carbocycles. The van der Waals surface area contributed by atoms with Crippen molar-refractivity contribution in [3.05, 3.63) is 29.3 Å². The molecule has 0 radical (unpaired) electrons. The summed E-state index contributed by atoms with van der Waals surface area (Å²) in [5.41, 5.74) is 3.98. The number of piperidine rings is 1.